The van der Waals surface area contributed by atoms with Crippen molar-refractivity contribution < 1.29 is 14.0 Å². The lowest BCUT2D eigenvalue weighted by Crippen LogP contribution is -2.27. The van der Waals surface area contributed by atoms with Crippen molar-refractivity contribution in [3.8, 4) is 0 Å². The third-order valence-corrected chi connectivity index (χ3v) is 3.87. The van der Waals surface area contributed by atoms with Gasteiger partial charge in [0.15, 0.2) is 0 Å². The number of carbonyl (C=O) groups is 2. The lowest BCUT2D eigenvalue weighted by atomic mass is 10.2. The largest absolute Gasteiger partial charge is 0.467 e. The molecule has 3 aromatic rings. The molecule has 6 nitrogen and oxygen atoms in total. The van der Waals surface area contributed by atoms with Crippen LogP contribution in [0.3, 0.4) is 0 Å². The lowest BCUT2D eigenvalue weighted by Gasteiger charge is -2.08. The fraction of sp³-hybridized carbons (Fsp3) is 0.0588. The predicted molar refractivity (Wildman–Crippen MR) is 93.3 cm³/mol. The topological polar surface area (TPSA) is 83.4 Å². The van der Waals surface area contributed by atoms with E-state index >= 15 is 0 Å². The summed E-state index contributed by atoms with van der Waals surface area (Å²) in [5.41, 5.74) is 1.91. The zero-order valence-corrected chi connectivity index (χ0v) is 13.4. The van der Waals surface area contributed by atoms with Crippen LogP contribution in [0.15, 0.2) is 63.9 Å². The molecule has 3 rings (SSSR count). The SMILES string of the molecule is O=C(NCc1ccco1)Nc1ccc(NC(=O)c2ccsc2)cc1. The van der Waals surface area contributed by atoms with Gasteiger partial charge in [0.25, 0.3) is 5.91 Å². The number of hydrogen-bond acceptors (Lipinski definition) is 4. The molecular weight excluding hydrogens is 326 g/mol. The molecule has 2 heterocycles. The second kappa shape index (κ2) is 7.47. The molecule has 0 bridgehead atoms. The van der Waals surface area contributed by atoms with Crippen molar-refractivity contribution in [3.63, 3.8) is 0 Å². The quantitative estimate of drug-likeness (QED) is 0.658. The van der Waals surface area contributed by atoms with E-state index in [2.05, 4.69) is 16.0 Å². The van der Waals surface area contributed by atoms with Crippen LogP contribution in [0.5, 0.6) is 0 Å². The van der Waals surface area contributed by atoms with Gasteiger partial charge in [0.05, 0.1) is 18.4 Å². The molecule has 0 fully saturated rings. The van der Waals surface area contributed by atoms with Crippen molar-refractivity contribution in [1.29, 1.82) is 0 Å². The first-order chi connectivity index (χ1) is 11.7. The molecule has 2 aromatic heterocycles. The highest BCUT2D eigenvalue weighted by Gasteiger charge is 2.07. The van der Waals surface area contributed by atoms with Gasteiger partial charge in [0, 0.05) is 16.8 Å². The minimum absolute atomic E-state index is 0.159. The summed E-state index contributed by atoms with van der Waals surface area (Å²) < 4.78 is 5.14. The van der Waals surface area contributed by atoms with E-state index in [0.717, 1.165) is 0 Å². The van der Waals surface area contributed by atoms with Gasteiger partial charge in [-0.2, -0.15) is 11.3 Å². The fourth-order valence-corrected chi connectivity index (χ4v) is 2.63. The number of carbonyl (C=O) groups excluding carboxylic acids is 2. The van der Waals surface area contributed by atoms with E-state index in [0.29, 0.717) is 29.2 Å². The normalized spacial score (nSPS) is 10.2. The van der Waals surface area contributed by atoms with Crippen molar-refractivity contribution >= 4 is 34.6 Å². The van der Waals surface area contributed by atoms with Gasteiger partial charge in [-0.25, -0.2) is 4.79 Å². The van der Waals surface area contributed by atoms with Crippen molar-refractivity contribution in [2.75, 3.05) is 10.6 Å². The minimum atomic E-state index is -0.332. The lowest BCUT2D eigenvalue weighted by molar-refractivity contribution is 0.102. The molecule has 0 spiro atoms. The molecule has 0 saturated heterocycles. The van der Waals surface area contributed by atoms with Gasteiger partial charge in [-0.1, -0.05) is 0 Å². The number of furan rings is 1. The van der Waals surface area contributed by atoms with E-state index in [9.17, 15) is 9.59 Å². The van der Waals surface area contributed by atoms with Crippen LogP contribution in [0, 0.1) is 0 Å². The van der Waals surface area contributed by atoms with Crippen LogP contribution in [-0.4, -0.2) is 11.9 Å². The van der Waals surface area contributed by atoms with Crippen molar-refractivity contribution in [3.05, 3.63) is 70.8 Å². The van der Waals surface area contributed by atoms with Gasteiger partial charge in [-0.05, 0) is 47.8 Å². The Hall–Kier alpha value is -3.06. The Balaban J connectivity index is 1.50. The average Bonchev–Trinajstić information content (AvgIpc) is 3.28. The number of hydrogen-bond donors (Lipinski definition) is 3. The van der Waals surface area contributed by atoms with E-state index in [1.807, 2.05) is 5.38 Å². The van der Waals surface area contributed by atoms with Crippen molar-refractivity contribution in [2.24, 2.45) is 0 Å². The molecule has 0 aliphatic heterocycles. The minimum Gasteiger partial charge on any atom is -0.467 e. The highest BCUT2D eigenvalue weighted by molar-refractivity contribution is 7.08. The average molecular weight is 341 g/mol. The first kappa shape index (κ1) is 15.8. The van der Waals surface area contributed by atoms with Gasteiger partial charge in [0.2, 0.25) is 0 Å². The molecule has 0 unspecified atom stereocenters. The van der Waals surface area contributed by atoms with Gasteiger partial charge >= 0.3 is 6.03 Å². The fourth-order valence-electron chi connectivity index (χ4n) is 1.99. The first-order valence-corrected chi connectivity index (χ1v) is 8.16. The van der Waals surface area contributed by atoms with Crippen LogP contribution < -0.4 is 16.0 Å². The van der Waals surface area contributed by atoms with E-state index in [4.69, 9.17) is 4.42 Å². The predicted octanol–water partition coefficient (Wildman–Crippen LogP) is 3.92. The second-order valence-electron chi connectivity index (χ2n) is 4.93. The highest BCUT2D eigenvalue weighted by atomic mass is 32.1. The van der Waals surface area contributed by atoms with Crippen LogP contribution in [0.4, 0.5) is 16.2 Å². The molecule has 24 heavy (non-hydrogen) atoms. The molecule has 0 atom stereocenters. The summed E-state index contributed by atoms with van der Waals surface area (Å²) >= 11 is 1.47. The number of benzene rings is 1. The van der Waals surface area contributed by atoms with Crippen LogP contribution in [-0.2, 0) is 6.54 Å². The molecule has 0 aliphatic rings. The van der Waals surface area contributed by atoms with Crippen molar-refractivity contribution in [2.45, 2.75) is 6.54 Å². The standard InChI is InChI=1S/C17H15N3O3S/c21-16(12-7-9-24-11-12)19-13-3-5-14(6-4-13)20-17(22)18-10-15-2-1-8-23-15/h1-9,11H,10H2,(H,19,21)(H2,18,20,22). The Morgan fingerprint density at radius 1 is 1.00 bits per heavy atom. The Kier molecular flexibility index (Phi) is 4.93. The number of anilines is 2. The Bertz CT molecular complexity index is 796. The Labute approximate surface area is 142 Å². The molecular formula is C17H15N3O3S. The molecule has 1 aromatic carbocycles. The summed E-state index contributed by atoms with van der Waals surface area (Å²) in [4.78, 5) is 23.7. The summed E-state index contributed by atoms with van der Waals surface area (Å²) in [5.74, 6) is 0.518. The number of thiophene rings is 1. The van der Waals surface area contributed by atoms with E-state index in [-0.39, 0.29) is 11.9 Å². The molecule has 0 radical (unpaired) electrons. The summed E-state index contributed by atoms with van der Waals surface area (Å²) in [5, 5.41) is 11.8. The third kappa shape index (κ3) is 4.23. The van der Waals surface area contributed by atoms with Gasteiger partial charge in [0.1, 0.15) is 5.76 Å². The Morgan fingerprint density at radius 2 is 1.75 bits per heavy atom. The molecule has 0 aliphatic carbocycles. The monoisotopic (exact) mass is 341 g/mol. The van der Waals surface area contributed by atoms with Gasteiger partial charge < -0.3 is 20.4 Å². The highest BCUT2D eigenvalue weighted by Crippen LogP contribution is 2.15. The molecule has 122 valence electrons. The number of rotatable bonds is 5. The zero-order chi connectivity index (χ0) is 16.8. The Morgan fingerprint density at radius 3 is 2.38 bits per heavy atom. The smallest absolute Gasteiger partial charge is 0.319 e. The third-order valence-electron chi connectivity index (χ3n) is 3.19. The van der Waals surface area contributed by atoms with E-state index in [1.165, 1.54) is 11.3 Å². The first-order valence-electron chi connectivity index (χ1n) is 7.21. The van der Waals surface area contributed by atoms with Crippen LogP contribution >= 0.6 is 11.3 Å². The zero-order valence-electron chi connectivity index (χ0n) is 12.6. The van der Waals surface area contributed by atoms with Crippen LogP contribution in [0.25, 0.3) is 0 Å². The van der Waals surface area contributed by atoms with E-state index < -0.39 is 0 Å². The summed E-state index contributed by atoms with van der Waals surface area (Å²) in [7, 11) is 0. The van der Waals surface area contributed by atoms with E-state index in [1.54, 1.807) is 54.1 Å². The second-order valence-corrected chi connectivity index (χ2v) is 5.71. The number of amides is 3. The summed E-state index contributed by atoms with van der Waals surface area (Å²) in [6.45, 7) is 0.313. The maximum absolute atomic E-state index is 11.9. The summed E-state index contributed by atoms with van der Waals surface area (Å²) in [6, 6.07) is 11.9. The summed E-state index contributed by atoms with van der Waals surface area (Å²) in [6.07, 6.45) is 1.55. The maximum atomic E-state index is 11.9. The van der Waals surface area contributed by atoms with Crippen molar-refractivity contribution in [1.82, 2.24) is 5.32 Å². The maximum Gasteiger partial charge on any atom is 0.319 e. The van der Waals surface area contributed by atoms with Gasteiger partial charge in [-0.3, -0.25) is 4.79 Å². The molecule has 0 saturated carbocycles. The number of nitrogens with one attached hydrogen (secondary N) is 3. The molecule has 3 amide bonds. The molecule has 7 heteroatoms. The number of urea groups is 1. The van der Waals surface area contributed by atoms with Gasteiger partial charge in [-0.15, -0.1) is 0 Å². The molecule has 3 N–H and O–H groups in total. The van der Waals surface area contributed by atoms with Crippen LogP contribution in [0.2, 0.25) is 0 Å². The van der Waals surface area contributed by atoms with Crippen LogP contribution in [0.1, 0.15) is 16.1 Å².